The first-order valence-electron chi connectivity index (χ1n) is 9.43. The van der Waals surface area contributed by atoms with Crippen LogP contribution in [0.2, 0.25) is 0 Å². The first kappa shape index (κ1) is 21.4. The molecule has 0 saturated heterocycles. The smallest absolute Gasteiger partial charge is 0.337 e. The molecule has 3 rings (SSSR count). The number of aryl methyl sites for hydroxylation is 1. The van der Waals surface area contributed by atoms with Crippen LogP contribution in [0.25, 0.3) is 0 Å². The van der Waals surface area contributed by atoms with Crippen molar-refractivity contribution in [1.29, 1.82) is 0 Å². The third-order valence-electron chi connectivity index (χ3n) is 4.67. The highest BCUT2D eigenvalue weighted by atomic mass is 32.2. The lowest BCUT2D eigenvalue weighted by Crippen LogP contribution is -2.18. The SMILES string of the molecule is COC(=O)c1ccc(N[C@H](C)c2ccccc2)c(S(=O)(=O)Nc2ccc(C)cc2)c1. The maximum atomic E-state index is 13.2. The van der Waals surface area contributed by atoms with E-state index in [9.17, 15) is 13.2 Å². The van der Waals surface area contributed by atoms with Crippen molar-refractivity contribution in [3.05, 3.63) is 89.5 Å². The van der Waals surface area contributed by atoms with Crippen molar-refractivity contribution in [2.45, 2.75) is 24.8 Å². The number of hydrogen-bond donors (Lipinski definition) is 2. The van der Waals surface area contributed by atoms with E-state index in [0.717, 1.165) is 11.1 Å². The monoisotopic (exact) mass is 424 g/mol. The van der Waals surface area contributed by atoms with Crippen LogP contribution in [0.5, 0.6) is 0 Å². The second-order valence-corrected chi connectivity index (χ2v) is 8.60. The lowest BCUT2D eigenvalue weighted by Gasteiger charge is -2.19. The van der Waals surface area contributed by atoms with Gasteiger partial charge >= 0.3 is 5.97 Å². The van der Waals surface area contributed by atoms with Crippen molar-refractivity contribution < 1.29 is 17.9 Å². The van der Waals surface area contributed by atoms with E-state index >= 15 is 0 Å². The van der Waals surface area contributed by atoms with Crippen LogP contribution in [0.4, 0.5) is 11.4 Å². The van der Waals surface area contributed by atoms with Crippen molar-refractivity contribution in [3.8, 4) is 0 Å². The van der Waals surface area contributed by atoms with Gasteiger partial charge in [-0.3, -0.25) is 4.72 Å². The second kappa shape index (κ2) is 9.00. The van der Waals surface area contributed by atoms with Gasteiger partial charge in [-0.1, -0.05) is 48.0 Å². The Morgan fingerprint density at radius 3 is 2.27 bits per heavy atom. The van der Waals surface area contributed by atoms with E-state index < -0.39 is 16.0 Å². The van der Waals surface area contributed by atoms with E-state index in [1.54, 1.807) is 18.2 Å². The molecular weight excluding hydrogens is 400 g/mol. The molecular formula is C23H24N2O4S. The van der Waals surface area contributed by atoms with Gasteiger partial charge in [-0.25, -0.2) is 13.2 Å². The molecule has 0 saturated carbocycles. The predicted molar refractivity (Wildman–Crippen MR) is 118 cm³/mol. The van der Waals surface area contributed by atoms with Gasteiger partial charge in [0.05, 0.1) is 18.4 Å². The Morgan fingerprint density at radius 2 is 1.63 bits per heavy atom. The van der Waals surface area contributed by atoms with Crippen LogP contribution in [-0.2, 0) is 14.8 Å². The summed E-state index contributed by atoms with van der Waals surface area (Å²) in [6.07, 6.45) is 0. The van der Waals surface area contributed by atoms with Gasteiger partial charge in [0, 0.05) is 11.7 Å². The third kappa shape index (κ3) is 4.99. The van der Waals surface area contributed by atoms with E-state index in [1.165, 1.54) is 19.2 Å². The van der Waals surface area contributed by atoms with Gasteiger partial charge in [0.1, 0.15) is 4.90 Å². The fourth-order valence-corrected chi connectivity index (χ4v) is 4.25. The molecule has 0 bridgehead atoms. The minimum atomic E-state index is -3.97. The van der Waals surface area contributed by atoms with Gasteiger partial charge < -0.3 is 10.1 Å². The van der Waals surface area contributed by atoms with E-state index in [-0.39, 0.29) is 16.5 Å². The molecule has 0 radical (unpaired) electrons. The van der Waals surface area contributed by atoms with E-state index in [0.29, 0.717) is 11.4 Å². The molecule has 0 aliphatic carbocycles. The second-order valence-electron chi connectivity index (χ2n) is 6.95. The van der Waals surface area contributed by atoms with Crippen molar-refractivity contribution >= 4 is 27.4 Å². The summed E-state index contributed by atoms with van der Waals surface area (Å²) in [5, 5.41) is 3.24. The number of methoxy groups -OCH3 is 1. The zero-order valence-electron chi connectivity index (χ0n) is 17.0. The normalized spacial score (nSPS) is 12.1. The number of anilines is 2. The Morgan fingerprint density at radius 1 is 0.967 bits per heavy atom. The largest absolute Gasteiger partial charge is 0.465 e. The number of hydrogen-bond acceptors (Lipinski definition) is 5. The summed E-state index contributed by atoms with van der Waals surface area (Å²) in [7, 11) is -2.71. The van der Waals surface area contributed by atoms with Gasteiger partial charge in [-0.15, -0.1) is 0 Å². The number of benzene rings is 3. The maximum Gasteiger partial charge on any atom is 0.337 e. The maximum absolute atomic E-state index is 13.2. The van der Waals surface area contributed by atoms with Crippen LogP contribution in [0.15, 0.2) is 77.7 Å². The van der Waals surface area contributed by atoms with Gasteiger partial charge in [-0.2, -0.15) is 0 Å². The number of carbonyl (C=O) groups is 1. The number of ether oxygens (including phenoxy) is 1. The topological polar surface area (TPSA) is 84.5 Å². The Labute approximate surface area is 177 Å². The van der Waals surface area contributed by atoms with Crippen molar-refractivity contribution in [1.82, 2.24) is 0 Å². The minimum absolute atomic E-state index is 0.0336. The fourth-order valence-electron chi connectivity index (χ4n) is 3.00. The number of nitrogens with one attached hydrogen (secondary N) is 2. The zero-order valence-corrected chi connectivity index (χ0v) is 17.9. The highest BCUT2D eigenvalue weighted by molar-refractivity contribution is 7.92. The standard InChI is InChI=1S/C23H24N2O4S/c1-16-9-12-20(13-10-16)25-30(27,28)22-15-19(23(26)29-3)11-14-21(22)24-17(2)18-7-5-4-6-8-18/h4-15,17,24-25H,1-3H3/t17-/m1/s1. The Hall–Kier alpha value is -3.32. The predicted octanol–water partition coefficient (Wildman–Crippen LogP) is 4.76. The van der Waals surface area contributed by atoms with E-state index in [1.807, 2.05) is 56.3 Å². The lowest BCUT2D eigenvalue weighted by atomic mass is 10.1. The average Bonchev–Trinajstić information content (AvgIpc) is 2.75. The molecule has 0 spiro atoms. The van der Waals surface area contributed by atoms with Crippen LogP contribution < -0.4 is 10.0 Å². The number of esters is 1. The Balaban J connectivity index is 2.00. The molecule has 0 aliphatic heterocycles. The summed E-state index contributed by atoms with van der Waals surface area (Å²) in [5.74, 6) is -0.607. The zero-order chi connectivity index (χ0) is 21.7. The molecule has 3 aromatic rings. The van der Waals surface area contributed by atoms with Gasteiger partial charge in [0.2, 0.25) is 0 Å². The molecule has 156 valence electrons. The van der Waals surface area contributed by atoms with Gasteiger partial charge in [-0.05, 0) is 49.7 Å². The summed E-state index contributed by atoms with van der Waals surface area (Å²) >= 11 is 0. The summed E-state index contributed by atoms with van der Waals surface area (Å²) in [6, 6.07) is 21.0. The number of sulfonamides is 1. The molecule has 0 amide bonds. The molecule has 1 atom stereocenters. The van der Waals surface area contributed by atoms with Crippen LogP contribution >= 0.6 is 0 Å². The summed E-state index contributed by atoms with van der Waals surface area (Å²) in [6.45, 7) is 3.86. The molecule has 0 fully saturated rings. The van der Waals surface area contributed by atoms with Crippen molar-refractivity contribution in [3.63, 3.8) is 0 Å². The molecule has 0 unspecified atom stereocenters. The van der Waals surface area contributed by atoms with Crippen molar-refractivity contribution in [2.24, 2.45) is 0 Å². The molecule has 0 aliphatic rings. The molecule has 3 aromatic carbocycles. The number of carbonyl (C=O) groups excluding carboxylic acids is 1. The molecule has 30 heavy (non-hydrogen) atoms. The van der Waals surface area contributed by atoms with E-state index in [2.05, 4.69) is 10.0 Å². The van der Waals surface area contributed by atoms with Crippen LogP contribution in [0.3, 0.4) is 0 Å². The summed E-state index contributed by atoms with van der Waals surface area (Å²) < 4.78 is 33.7. The summed E-state index contributed by atoms with van der Waals surface area (Å²) in [5.41, 5.74) is 3.00. The average molecular weight is 425 g/mol. The highest BCUT2D eigenvalue weighted by Gasteiger charge is 2.22. The summed E-state index contributed by atoms with van der Waals surface area (Å²) in [4.78, 5) is 12.0. The first-order valence-corrected chi connectivity index (χ1v) is 10.9. The molecule has 7 heteroatoms. The fraction of sp³-hybridized carbons (Fsp3) is 0.174. The lowest BCUT2D eigenvalue weighted by molar-refractivity contribution is 0.0600. The Kier molecular flexibility index (Phi) is 6.42. The van der Waals surface area contributed by atoms with Gasteiger partial charge in [0.15, 0.2) is 0 Å². The number of rotatable bonds is 7. The first-order chi connectivity index (χ1) is 14.3. The van der Waals surface area contributed by atoms with E-state index in [4.69, 9.17) is 4.74 Å². The third-order valence-corrected chi connectivity index (χ3v) is 6.09. The minimum Gasteiger partial charge on any atom is -0.465 e. The highest BCUT2D eigenvalue weighted by Crippen LogP contribution is 2.29. The van der Waals surface area contributed by atoms with Gasteiger partial charge in [0.25, 0.3) is 10.0 Å². The van der Waals surface area contributed by atoms with Crippen LogP contribution in [0, 0.1) is 6.92 Å². The van der Waals surface area contributed by atoms with Crippen LogP contribution in [-0.4, -0.2) is 21.5 Å². The van der Waals surface area contributed by atoms with Crippen LogP contribution in [0.1, 0.15) is 34.5 Å². The Bertz CT molecular complexity index is 1130. The molecule has 2 N–H and O–H groups in total. The van der Waals surface area contributed by atoms with Crippen molar-refractivity contribution in [2.75, 3.05) is 17.1 Å². The molecule has 0 heterocycles. The quantitative estimate of drug-likeness (QED) is 0.535. The molecule has 6 nitrogen and oxygen atoms in total. The molecule has 0 aromatic heterocycles.